The van der Waals surface area contributed by atoms with E-state index in [-0.39, 0.29) is 24.4 Å². The van der Waals surface area contributed by atoms with Crippen LogP contribution < -0.4 is 5.32 Å². The Kier molecular flexibility index (Phi) is 5.26. The van der Waals surface area contributed by atoms with E-state index in [1.807, 2.05) is 42.5 Å². The van der Waals surface area contributed by atoms with E-state index in [0.717, 1.165) is 36.9 Å². The largest absolute Gasteiger partial charge is 0.455 e. The third kappa shape index (κ3) is 4.22. The second kappa shape index (κ2) is 7.77. The van der Waals surface area contributed by atoms with E-state index >= 15 is 0 Å². The fourth-order valence-electron chi connectivity index (χ4n) is 2.70. The molecule has 1 saturated carbocycles. The summed E-state index contributed by atoms with van der Waals surface area (Å²) in [7, 11) is 0. The van der Waals surface area contributed by atoms with Crippen molar-refractivity contribution in [1.82, 2.24) is 0 Å². The summed E-state index contributed by atoms with van der Waals surface area (Å²) in [5.41, 5.74) is 2.96. The first-order chi connectivity index (χ1) is 11.7. The summed E-state index contributed by atoms with van der Waals surface area (Å²) in [6, 6.07) is 17.8. The molecular formula is C20H21NO3. The summed E-state index contributed by atoms with van der Waals surface area (Å²) in [5.74, 6) is -0.569. The molecule has 124 valence electrons. The maximum atomic E-state index is 12.1. The lowest BCUT2D eigenvalue weighted by molar-refractivity contribution is -0.154. The highest BCUT2D eigenvalue weighted by Crippen LogP contribution is 2.27. The topological polar surface area (TPSA) is 55.4 Å². The van der Waals surface area contributed by atoms with Crippen LogP contribution in [0.15, 0.2) is 54.6 Å². The minimum Gasteiger partial charge on any atom is -0.455 e. The lowest BCUT2D eigenvalue weighted by Gasteiger charge is -2.22. The third-order valence-electron chi connectivity index (χ3n) is 4.31. The summed E-state index contributed by atoms with van der Waals surface area (Å²) >= 11 is 0. The van der Waals surface area contributed by atoms with Crippen LogP contribution in [0.25, 0.3) is 0 Å². The molecule has 0 aliphatic heterocycles. The Morgan fingerprint density at radius 1 is 1.00 bits per heavy atom. The van der Waals surface area contributed by atoms with Crippen LogP contribution in [0.5, 0.6) is 0 Å². The van der Waals surface area contributed by atoms with E-state index in [0.29, 0.717) is 0 Å². The number of esters is 1. The summed E-state index contributed by atoms with van der Waals surface area (Å²) < 4.78 is 5.09. The number of hydrogen-bond acceptors (Lipinski definition) is 3. The zero-order valence-corrected chi connectivity index (χ0v) is 13.5. The summed E-state index contributed by atoms with van der Waals surface area (Å²) in [6.07, 6.45) is 3.55. The fourth-order valence-corrected chi connectivity index (χ4v) is 2.70. The second-order valence-electron chi connectivity index (χ2n) is 6.10. The lowest BCUT2D eigenvalue weighted by atomic mass is 9.86. The van der Waals surface area contributed by atoms with Gasteiger partial charge in [-0.2, -0.15) is 0 Å². The van der Waals surface area contributed by atoms with Gasteiger partial charge in [-0.25, -0.2) is 0 Å². The first kappa shape index (κ1) is 16.2. The van der Waals surface area contributed by atoms with E-state index < -0.39 is 0 Å². The van der Waals surface area contributed by atoms with Crippen molar-refractivity contribution in [3.8, 4) is 0 Å². The van der Waals surface area contributed by atoms with Gasteiger partial charge >= 0.3 is 5.97 Å². The molecule has 0 radical (unpaired) electrons. The zero-order valence-electron chi connectivity index (χ0n) is 13.5. The molecule has 4 heteroatoms. The van der Waals surface area contributed by atoms with Crippen molar-refractivity contribution in [2.45, 2.75) is 25.7 Å². The SMILES string of the molecule is O=C(COC(=O)C1CCC1)Nc1ccccc1Cc1ccccc1. The summed E-state index contributed by atoms with van der Waals surface area (Å²) in [6.45, 7) is -0.227. The Morgan fingerprint density at radius 3 is 2.42 bits per heavy atom. The Hall–Kier alpha value is -2.62. The van der Waals surface area contributed by atoms with E-state index in [1.165, 1.54) is 5.56 Å². The quantitative estimate of drug-likeness (QED) is 0.827. The number of para-hydroxylation sites is 1. The van der Waals surface area contributed by atoms with Crippen LogP contribution in [-0.2, 0) is 20.7 Å². The van der Waals surface area contributed by atoms with Crippen LogP contribution in [0, 0.1) is 5.92 Å². The van der Waals surface area contributed by atoms with Crippen molar-refractivity contribution in [2.24, 2.45) is 5.92 Å². The standard InChI is InChI=1S/C20H21NO3/c22-19(14-24-20(23)16-10-6-11-16)21-18-12-5-4-9-17(18)13-15-7-2-1-3-8-15/h1-5,7-9,12,16H,6,10-11,13-14H2,(H,21,22). The monoisotopic (exact) mass is 323 g/mol. The molecule has 1 aliphatic carbocycles. The average molecular weight is 323 g/mol. The average Bonchev–Trinajstić information content (AvgIpc) is 2.54. The number of benzene rings is 2. The molecule has 0 atom stereocenters. The Bertz CT molecular complexity index is 708. The van der Waals surface area contributed by atoms with Crippen molar-refractivity contribution in [2.75, 3.05) is 11.9 Å². The van der Waals surface area contributed by atoms with E-state index in [9.17, 15) is 9.59 Å². The van der Waals surface area contributed by atoms with Gasteiger partial charge in [0.05, 0.1) is 5.92 Å². The van der Waals surface area contributed by atoms with Crippen LogP contribution in [0.3, 0.4) is 0 Å². The van der Waals surface area contributed by atoms with Gasteiger partial charge in [0.1, 0.15) is 0 Å². The molecule has 0 heterocycles. The highest BCUT2D eigenvalue weighted by Gasteiger charge is 2.27. The molecule has 0 bridgehead atoms. The van der Waals surface area contributed by atoms with Gasteiger partial charge in [0.25, 0.3) is 5.91 Å². The smallest absolute Gasteiger partial charge is 0.309 e. The number of amides is 1. The second-order valence-corrected chi connectivity index (χ2v) is 6.10. The third-order valence-corrected chi connectivity index (χ3v) is 4.31. The summed E-state index contributed by atoms with van der Waals surface area (Å²) in [4.78, 5) is 23.8. The van der Waals surface area contributed by atoms with Crippen molar-refractivity contribution in [3.05, 3.63) is 65.7 Å². The molecular weight excluding hydrogens is 302 g/mol. The number of carbonyl (C=O) groups is 2. The maximum Gasteiger partial charge on any atom is 0.309 e. The number of rotatable bonds is 6. The molecule has 0 aromatic heterocycles. The molecule has 0 spiro atoms. The molecule has 1 N–H and O–H groups in total. The van der Waals surface area contributed by atoms with Crippen LogP contribution >= 0.6 is 0 Å². The van der Waals surface area contributed by atoms with E-state index in [2.05, 4.69) is 17.4 Å². The number of nitrogens with one attached hydrogen (secondary N) is 1. The van der Waals surface area contributed by atoms with E-state index in [4.69, 9.17) is 4.74 Å². The predicted octanol–water partition coefficient (Wildman–Crippen LogP) is 3.56. The molecule has 0 unspecified atom stereocenters. The summed E-state index contributed by atoms with van der Waals surface area (Å²) in [5, 5.41) is 2.84. The zero-order chi connectivity index (χ0) is 16.8. The minimum absolute atomic E-state index is 0.0110. The first-order valence-electron chi connectivity index (χ1n) is 8.30. The van der Waals surface area contributed by atoms with Crippen LogP contribution in [0.4, 0.5) is 5.69 Å². The van der Waals surface area contributed by atoms with Crippen LogP contribution in [0.2, 0.25) is 0 Å². The van der Waals surface area contributed by atoms with Gasteiger partial charge in [-0.15, -0.1) is 0 Å². The first-order valence-corrected chi connectivity index (χ1v) is 8.30. The number of ether oxygens (including phenoxy) is 1. The number of anilines is 1. The van der Waals surface area contributed by atoms with Gasteiger partial charge in [0, 0.05) is 5.69 Å². The van der Waals surface area contributed by atoms with Gasteiger partial charge in [-0.1, -0.05) is 55.0 Å². The van der Waals surface area contributed by atoms with E-state index in [1.54, 1.807) is 0 Å². The van der Waals surface area contributed by atoms with Crippen LogP contribution in [-0.4, -0.2) is 18.5 Å². The molecule has 4 nitrogen and oxygen atoms in total. The molecule has 0 saturated heterocycles. The molecule has 2 aromatic rings. The van der Waals surface area contributed by atoms with Gasteiger partial charge in [0.15, 0.2) is 6.61 Å². The molecule has 1 aliphatic rings. The Morgan fingerprint density at radius 2 is 1.71 bits per heavy atom. The maximum absolute atomic E-state index is 12.1. The minimum atomic E-state index is -0.303. The molecule has 1 amide bonds. The molecule has 1 fully saturated rings. The Balaban J connectivity index is 1.58. The molecule has 24 heavy (non-hydrogen) atoms. The highest BCUT2D eigenvalue weighted by atomic mass is 16.5. The number of hydrogen-bond donors (Lipinski definition) is 1. The van der Waals surface area contributed by atoms with Crippen molar-refractivity contribution < 1.29 is 14.3 Å². The van der Waals surface area contributed by atoms with Gasteiger partial charge in [0.2, 0.25) is 0 Å². The highest BCUT2D eigenvalue weighted by molar-refractivity contribution is 5.93. The Labute approximate surface area is 141 Å². The van der Waals surface area contributed by atoms with Crippen molar-refractivity contribution in [3.63, 3.8) is 0 Å². The molecule has 2 aromatic carbocycles. The molecule has 3 rings (SSSR count). The van der Waals surface area contributed by atoms with Gasteiger partial charge in [-0.05, 0) is 36.5 Å². The number of carbonyl (C=O) groups excluding carboxylic acids is 2. The van der Waals surface area contributed by atoms with Gasteiger partial charge in [-0.3, -0.25) is 9.59 Å². The fraction of sp³-hybridized carbons (Fsp3) is 0.300. The predicted molar refractivity (Wildman–Crippen MR) is 92.6 cm³/mol. The van der Waals surface area contributed by atoms with Crippen molar-refractivity contribution >= 4 is 17.6 Å². The normalized spacial score (nSPS) is 13.8. The lowest BCUT2D eigenvalue weighted by Crippen LogP contribution is -2.28. The van der Waals surface area contributed by atoms with Crippen molar-refractivity contribution in [1.29, 1.82) is 0 Å². The van der Waals surface area contributed by atoms with Crippen LogP contribution in [0.1, 0.15) is 30.4 Å². The van der Waals surface area contributed by atoms with Gasteiger partial charge < -0.3 is 10.1 Å².